The molecule has 0 saturated carbocycles. The van der Waals surface area contributed by atoms with E-state index in [-0.39, 0.29) is 28.8 Å². The van der Waals surface area contributed by atoms with Gasteiger partial charge in [0, 0.05) is 16.0 Å². The fourth-order valence-electron chi connectivity index (χ4n) is 3.67. The second-order valence-electron chi connectivity index (χ2n) is 7.42. The quantitative estimate of drug-likeness (QED) is 0.576. The Morgan fingerprint density at radius 2 is 1.81 bits per heavy atom. The number of carbonyl (C=O) groups is 1. The van der Waals surface area contributed by atoms with Crippen molar-refractivity contribution in [1.82, 2.24) is 0 Å². The first-order valence-corrected chi connectivity index (χ1v) is 12.8. The average molecular weight is 523 g/mol. The van der Waals surface area contributed by atoms with Crippen molar-refractivity contribution in [3.63, 3.8) is 0 Å². The van der Waals surface area contributed by atoms with Crippen LogP contribution in [0.2, 0.25) is 10.0 Å². The van der Waals surface area contributed by atoms with E-state index < -0.39 is 43.8 Å². The van der Waals surface area contributed by atoms with E-state index in [9.17, 15) is 26.4 Å². The number of hydrogen-bond acceptors (Lipinski definition) is 4. The van der Waals surface area contributed by atoms with Crippen LogP contribution in [0.5, 0.6) is 0 Å². The average Bonchev–Trinajstić information content (AvgIpc) is 3.14. The van der Waals surface area contributed by atoms with Crippen molar-refractivity contribution in [2.75, 3.05) is 16.4 Å². The highest BCUT2D eigenvalue weighted by Crippen LogP contribution is 2.43. The molecule has 4 rings (SSSR count). The molecule has 2 aromatic rings. The Bertz CT molecular complexity index is 1200. The molecule has 2 saturated heterocycles. The highest BCUT2D eigenvalue weighted by molar-refractivity contribution is 8.16. The maximum atomic E-state index is 13.4. The molecule has 2 aliphatic rings. The number of anilines is 1. The summed E-state index contributed by atoms with van der Waals surface area (Å²) in [5.74, 6) is -0.880. The minimum absolute atomic E-state index is 0.0306. The number of amidine groups is 1. The number of halogens is 5. The van der Waals surface area contributed by atoms with Gasteiger partial charge in [-0.3, -0.25) is 4.79 Å². The summed E-state index contributed by atoms with van der Waals surface area (Å²) in [5, 5.41) is -0.223. The molecular weight excluding hydrogens is 508 g/mol. The lowest BCUT2D eigenvalue weighted by Crippen LogP contribution is -2.38. The number of thioether (sulfide) groups is 1. The number of hydrogen-bond donors (Lipinski definition) is 0. The molecule has 2 aromatic carbocycles. The SMILES string of the molecule is O=C(Cc1ccc(Cl)cc1)N=C1SC2CS(=O)(=O)CC2N1c1ccc(Cl)c(C(F)(F)F)c1. The third-order valence-electron chi connectivity index (χ3n) is 5.09. The standard InChI is InChI=1S/C20H15Cl2F3N2O3S2/c21-12-3-1-11(2-4-12)7-18(28)26-19-27(16-9-32(29,30)10-17(16)31-19)13-5-6-15(22)14(8-13)20(23,24)25/h1-6,8,16-17H,7,9-10H2. The minimum Gasteiger partial charge on any atom is -0.316 e. The third kappa shape index (κ3) is 4.93. The Kier molecular flexibility index (Phi) is 6.26. The van der Waals surface area contributed by atoms with Gasteiger partial charge in [-0.15, -0.1) is 0 Å². The summed E-state index contributed by atoms with van der Waals surface area (Å²) >= 11 is 12.7. The number of carbonyl (C=O) groups excluding carboxylic acids is 1. The van der Waals surface area contributed by atoms with E-state index in [1.807, 2.05) is 0 Å². The van der Waals surface area contributed by atoms with Crippen molar-refractivity contribution in [2.24, 2.45) is 4.99 Å². The van der Waals surface area contributed by atoms with E-state index in [4.69, 9.17) is 23.2 Å². The molecule has 2 atom stereocenters. The number of alkyl halides is 3. The molecule has 2 heterocycles. The van der Waals surface area contributed by atoms with Crippen molar-refractivity contribution in [3.05, 3.63) is 63.6 Å². The smallest absolute Gasteiger partial charge is 0.316 e. The monoisotopic (exact) mass is 522 g/mol. The van der Waals surface area contributed by atoms with Crippen LogP contribution in [0, 0.1) is 0 Å². The number of nitrogens with zero attached hydrogens (tertiary/aromatic N) is 2. The predicted molar refractivity (Wildman–Crippen MR) is 120 cm³/mol. The van der Waals surface area contributed by atoms with Crippen LogP contribution < -0.4 is 4.90 Å². The van der Waals surface area contributed by atoms with Gasteiger partial charge in [0.15, 0.2) is 15.0 Å². The lowest BCUT2D eigenvalue weighted by Gasteiger charge is -2.25. The van der Waals surface area contributed by atoms with E-state index in [1.165, 1.54) is 11.0 Å². The number of fused-ring (bicyclic) bond motifs is 1. The molecular formula is C20H15Cl2F3N2O3S2. The van der Waals surface area contributed by atoms with E-state index >= 15 is 0 Å². The van der Waals surface area contributed by atoms with Crippen LogP contribution in [0.1, 0.15) is 11.1 Å². The van der Waals surface area contributed by atoms with E-state index in [1.54, 1.807) is 24.3 Å². The molecule has 2 fully saturated rings. The van der Waals surface area contributed by atoms with Crippen LogP contribution in [-0.2, 0) is 27.2 Å². The van der Waals surface area contributed by atoms with E-state index in [0.29, 0.717) is 10.6 Å². The predicted octanol–water partition coefficient (Wildman–Crippen LogP) is 4.86. The fourth-order valence-corrected chi connectivity index (χ4v) is 7.95. The topological polar surface area (TPSA) is 66.8 Å². The lowest BCUT2D eigenvalue weighted by atomic mass is 10.1. The molecule has 0 bridgehead atoms. The molecule has 0 aliphatic carbocycles. The van der Waals surface area contributed by atoms with Crippen LogP contribution in [-0.4, -0.2) is 42.3 Å². The summed E-state index contributed by atoms with van der Waals surface area (Å²) in [6.07, 6.45) is -4.72. The molecule has 0 N–H and O–H groups in total. The van der Waals surface area contributed by atoms with Gasteiger partial charge >= 0.3 is 6.18 Å². The van der Waals surface area contributed by atoms with Gasteiger partial charge in [-0.2, -0.15) is 18.2 Å². The van der Waals surface area contributed by atoms with Gasteiger partial charge < -0.3 is 4.90 Å². The van der Waals surface area contributed by atoms with Crippen molar-refractivity contribution in [2.45, 2.75) is 23.9 Å². The van der Waals surface area contributed by atoms with Gasteiger partial charge in [-0.05, 0) is 35.9 Å². The molecule has 5 nitrogen and oxygen atoms in total. The van der Waals surface area contributed by atoms with Crippen LogP contribution in [0.15, 0.2) is 47.5 Å². The number of rotatable bonds is 3. The maximum Gasteiger partial charge on any atom is 0.417 e. The highest BCUT2D eigenvalue weighted by atomic mass is 35.5. The molecule has 0 radical (unpaired) electrons. The zero-order valence-corrected chi connectivity index (χ0v) is 19.3. The summed E-state index contributed by atoms with van der Waals surface area (Å²) < 4.78 is 64.4. The summed E-state index contributed by atoms with van der Waals surface area (Å²) in [6.45, 7) is 0. The lowest BCUT2D eigenvalue weighted by molar-refractivity contribution is -0.137. The molecule has 32 heavy (non-hydrogen) atoms. The highest BCUT2D eigenvalue weighted by Gasteiger charge is 2.49. The largest absolute Gasteiger partial charge is 0.417 e. The van der Waals surface area contributed by atoms with E-state index in [2.05, 4.69) is 4.99 Å². The van der Waals surface area contributed by atoms with Gasteiger partial charge in [-0.25, -0.2) is 8.42 Å². The van der Waals surface area contributed by atoms with Crippen LogP contribution in [0.3, 0.4) is 0 Å². The molecule has 0 spiro atoms. The molecule has 0 aromatic heterocycles. The Labute approximate surface area is 196 Å². The normalized spacial score (nSPS) is 23.5. The number of benzene rings is 2. The van der Waals surface area contributed by atoms with Gasteiger partial charge in [-0.1, -0.05) is 47.1 Å². The Morgan fingerprint density at radius 1 is 1.12 bits per heavy atom. The minimum atomic E-state index is -4.69. The molecule has 2 aliphatic heterocycles. The first kappa shape index (κ1) is 23.4. The zero-order chi connectivity index (χ0) is 23.3. The van der Waals surface area contributed by atoms with Gasteiger partial charge in [0.25, 0.3) is 5.91 Å². The first-order valence-electron chi connectivity index (χ1n) is 9.32. The van der Waals surface area contributed by atoms with Crippen molar-refractivity contribution in [3.8, 4) is 0 Å². The Hall–Kier alpha value is -1.75. The van der Waals surface area contributed by atoms with Gasteiger partial charge in [0.2, 0.25) is 0 Å². The van der Waals surface area contributed by atoms with Crippen LogP contribution >= 0.6 is 35.0 Å². The van der Waals surface area contributed by atoms with Gasteiger partial charge in [0.05, 0.1) is 34.6 Å². The van der Waals surface area contributed by atoms with Crippen molar-refractivity contribution < 1.29 is 26.4 Å². The molecule has 2 unspecified atom stereocenters. The second-order valence-corrected chi connectivity index (χ2v) is 11.6. The third-order valence-corrected chi connectivity index (χ3v) is 8.88. The number of aliphatic imine (C=N–C) groups is 1. The summed E-state index contributed by atoms with van der Waals surface area (Å²) in [4.78, 5) is 18.1. The zero-order valence-electron chi connectivity index (χ0n) is 16.1. The van der Waals surface area contributed by atoms with Crippen molar-refractivity contribution in [1.29, 1.82) is 0 Å². The first-order chi connectivity index (χ1) is 14.9. The maximum absolute atomic E-state index is 13.4. The summed E-state index contributed by atoms with van der Waals surface area (Å²) in [7, 11) is -3.36. The van der Waals surface area contributed by atoms with E-state index in [0.717, 1.165) is 23.9 Å². The number of sulfone groups is 1. The fraction of sp³-hybridized carbons (Fsp3) is 0.300. The Balaban J connectivity index is 1.70. The Morgan fingerprint density at radius 3 is 2.47 bits per heavy atom. The van der Waals surface area contributed by atoms with Crippen LogP contribution in [0.25, 0.3) is 0 Å². The molecule has 170 valence electrons. The van der Waals surface area contributed by atoms with Gasteiger partial charge in [0.1, 0.15) is 0 Å². The van der Waals surface area contributed by atoms with Crippen molar-refractivity contribution >= 4 is 61.6 Å². The molecule has 12 heteroatoms. The molecule has 1 amide bonds. The summed E-state index contributed by atoms with van der Waals surface area (Å²) in [5.41, 5.74) is -0.290. The van der Waals surface area contributed by atoms with Crippen LogP contribution in [0.4, 0.5) is 18.9 Å². The second kappa shape index (κ2) is 8.55. The number of amides is 1. The summed E-state index contributed by atoms with van der Waals surface area (Å²) in [6, 6.07) is 9.32.